The summed E-state index contributed by atoms with van der Waals surface area (Å²) in [7, 11) is 3.56. The van der Waals surface area contributed by atoms with Crippen molar-refractivity contribution in [1.82, 2.24) is 25.3 Å². The summed E-state index contributed by atoms with van der Waals surface area (Å²) in [5.74, 6) is -1.40. The number of fused-ring (bicyclic) bond motifs is 2. The first-order valence-electron chi connectivity index (χ1n) is 23.4. The number of imide groups is 1. The van der Waals surface area contributed by atoms with Crippen molar-refractivity contribution >= 4 is 52.7 Å². The van der Waals surface area contributed by atoms with Gasteiger partial charge in [0, 0.05) is 112 Å². The van der Waals surface area contributed by atoms with Gasteiger partial charge in [0.15, 0.2) is 12.3 Å². The number of piperidine rings is 2. The molecule has 2 aromatic rings. The van der Waals surface area contributed by atoms with Crippen LogP contribution in [0.1, 0.15) is 109 Å². The third-order valence-electron chi connectivity index (χ3n) is 14.3. The molecule has 3 fully saturated rings. The number of nitrogens with two attached hydrogens (primary N) is 1. The number of alkyl halides is 2. The smallest absolute Gasteiger partial charge is 0.404 e. The summed E-state index contributed by atoms with van der Waals surface area (Å²) in [5, 5.41) is 7.30. The first-order chi connectivity index (χ1) is 31.8. The molecule has 8 rings (SSSR count). The van der Waals surface area contributed by atoms with E-state index in [0.717, 1.165) is 65.9 Å². The van der Waals surface area contributed by atoms with E-state index in [0.29, 0.717) is 92.6 Å². The van der Waals surface area contributed by atoms with E-state index in [1.807, 2.05) is 29.0 Å². The molecule has 2 atom stereocenters. The van der Waals surface area contributed by atoms with Gasteiger partial charge >= 0.3 is 5.91 Å². The minimum absolute atomic E-state index is 0.0254. The first kappa shape index (κ1) is 46.5. The van der Waals surface area contributed by atoms with Crippen LogP contribution in [0, 0.1) is 10.8 Å². The van der Waals surface area contributed by atoms with Crippen LogP contribution in [0.2, 0.25) is 0 Å². The minimum Gasteiger partial charge on any atom is -0.404 e. The minimum atomic E-state index is -2.72. The van der Waals surface area contributed by atoms with Crippen LogP contribution in [0.5, 0.6) is 0 Å². The average Bonchev–Trinajstić information content (AvgIpc) is 3.56. The van der Waals surface area contributed by atoms with Crippen LogP contribution in [-0.4, -0.2) is 140 Å². The van der Waals surface area contributed by atoms with Crippen molar-refractivity contribution in [1.29, 1.82) is 0 Å². The van der Waals surface area contributed by atoms with E-state index in [2.05, 4.69) is 25.4 Å². The lowest BCUT2D eigenvalue weighted by Gasteiger charge is -2.43. The van der Waals surface area contributed by atoms with Gasteiger partial charge in [-0.25, -0.2) is 13.6 Å². The second-order valence-corrected chi connectivity index (χ2v) is 18.3. The fourth-order valence-corrected chi connectivity index (χ4v) is 10.8. The number of allylic oxidation sites excluding steroid dienone is 1. The van der Waals surface area contributed by atoms with Crippen molar-refractivity contribution in [3.63, 3.8) is 0 Å². The zero-order valence-corrected chi connectivity index (χ0v) is 38.1. The molecular weight excluding hydrogens is 851 g/mol. The monoisotopic (exact) mass is 912 g/mol. The van der Waals surface area contributed by atoms with Gasteiger partial charge in [-0.05, 0) is 93.3 Å². The number of amides is 5. The van der Waals surface area contributed by atoms with E-state index in [1.165, 1.54) is 6.20 Å². The quantitative estimate of drug-likeness (QED) is 0.124. The maximum absolute atomic E-state index is 14.7. The third kappa shape index (κ3) is 9.07. The second kappa shape index (κ2) is 19.8. The van der Waals surface area contributed by atoms with E-state index < -0.39 is 30.2 Å². The van der Waals surface area contributed by atoms with Crippen LogP contribution in [0.4, 0.5) is 20.2 Å². The van der Waals surface area contributed by atoms with Gasteiger partial charge in [-0.3, -0.25) is 34.4 Å². The zero-order valence-electron chi connectivity index (χ0n) is 38.1. The number of nitroso groups, excluding NO2 is 1. The van der Waals surface area contributed by atoms with Crippen molar-refractivity contribution in [3.05, 3.63) is 80.5 Å². The molecule has 6 aliphatic rings. The molecule has 66 heavy (non-hydrogen) atoms. The molecule has 5 N–H and O–H groups in total. The molecule has 0 aromatic heterocycles. The van der Waals surface area contributed by atoms with Gasteiger partial charge in [0.25, 0.3) is 18.2 Å². The predicted octanol–water partition coefficient (Wildman–Crippen LogP) is 2.46. The van der Waals surface area contributed by atoms with Gasteiger partial charge in [0.1, 0.15) is 13.2 Å². The molecule has 6 heterocycles. The predicted molar refractivity (Wildman–Crippen MR) is 245 cm³/mol. The summed E-state index contributed by atoms with van der Waals surface area (Å²) in [5.41, 5.74) is 11.6. The van der Waals surface area contributed by atoms with Gasteiger partial charge in [-0.2, -0.15) is 0 Å². The number of carbonyl (C=O) groups is 5. The van der Waals surface area contributed by atoms with Gasteiger partial charge < -0.3 is 30.7 Å². The van der Waals surface area contributed by atoms with Crippen LogP contribution in [-0.2, 0) is 20.8 Å². The molecule has 6 aliphatic heterocycles. The highest BCUT2D eigenvalue weighted by Crippen LogP contribution is 2.40. The van der Waals surface area contributed by atoms with Crippen LogP contribution in [0.3, 0.4) is 0 Å². The second-order valence-electron chi connectivity index (χ2n) is 18.3. The Morgan fingerprint density at radius 1 is 0.985 bits per heavy atom. The number of likely N-dealkylation sites (N-methyl/N-ethyl adjacent to an activating group) is 1. The standard InChI is InChI=1S/C48H61F2N10O6/c1-29(61)56-21-16-38(37(28-56)45(53-3)58-17-6-9-31-22-35(32(24-51)25-52-2)36(44(49)50)23-41(31)58)54-33-14-19-55(20-15-33)42(62)13-4-8-30-26-57(27-30)39-11-5-10-34-43(39)48(65)60(46(34)63)40-12-7-18-59(66)47(40)64/h5,10-11,22-25,30,33,40,44-45,53-54H,4,6-9,12-21,26-28,51H2,1-3H3/q+1/p+1/b32-24+,52-25?. The summed E-state index contributed by atoms with van der Waals surface area (Å²) >= 11 is 0. The number of hydrogen-bond acceptors (Lipinski definition) is 11. The number of rotatable bonds is 14. The van der Waals surface area contributed by atoms with Crippen LogP contribution < -0.4 is 31.2 Å². The Kier molecular flexibility index (Phi) is 14.0. The Morgan fingerprint density at radius 2 is 1.76 bits per heavy atom. The van der Waals surface area contributed by atoms with Crippen molar-refractivity contribution < 1.29 is 42.5 Å². The molecule has 0 spiro atoms. The molecule has 5 amide bonds. The number of likely N-dealkylation sites (tertiary alicyclic amines) is 1. The van der Waals surface area contributed by atoms with E-state index in [-0.39, 0.29) is 53.7 Å². The SMILES string of the molecule is CNC(C1=C(NC2CCN(C(=O)CCCC3CN(c4cccc5c4C(=O)N(C4CCC[N+](=O)C4=O)C5=O)C3)CC2)CCN(C(C)=O)C1)N1CCCc2cc(/C(C=[NH+]C)=C/N)c(C(F)F)cc21. The molecular formula is C48H62F2N10O6+2. The van der Waals surface area contributed by atoms with E-state index in [1.54, 1.807) is 38.4 Å². The van der Waals surface area contributed by atoms with Gasteiger partial charge in [-0.1, -0.05) is 6.07 Å². The van der Waals surface area contributed by atoms with E-state index in [4.69, 9.17) is 5.73 Å². The molecule has 3 saturated heterocycles. The molecule has 0 radical (unpaired) electrons. The van der Waals surface area contributed by atoms with Crippen molar-refractivity contribution in [3.8, 4) is 0 Å². The lowest BCUT2D eigenvalue weighted by molar-refractivity contribution is -0.479. The van der Waals surface area contributed by atoms with Crippen LogP contribution in [0.15, 0.2) is 47.8 Å². The molecule has 0 aliphatic carbocycles. The summed E-state index contributed by atoms with van der Waals surface area (Å²) < 4.78 is 29.7. The number of nitrogens with zero attached hydrogens (tertiary/aromatic N) is 6. The van der Waals surface area contributed by atoms with Crippen LogP contribution in [0.25, 0.3) is 5.57 Å². The van der Waals surface area contributed by atoms with Gasteiger partial charge in [0.05, 0.1) is 27.1 Å². The molecule has 18 heteroatoms. The summed E-state index contributed by atoms with van der Waals surface area (Å²) in [6.07, 6.45) is 6.30. The average molecular weight is 913 g/mol. The van der Waals surface area contributed by atoms with Gasteiger partial charge in [0.2, 0.25) is 18.4 Å². The van der Waals surface area contributed by atoms with E-state index in [9.17, 15) is 37.7 Å². The molecule has 16 nitrogen and oxygen atoms in total. The first-order valence-corrected chi connectivity index (χ1v) is 23.4. The molecule has 0 saturated carbocycles. The fourth-order valence-electron chi connectivity index (χ4n) is 10.8. The number of anilines is 2. The van der Waals surface area contributed by atoms with Crippen LogP contribution >= 0.6 is 0 Å². The Morgan fingerprint density at radius 3 is 2.45 bits per heavy atom. The molecule has 352 valence electrons. The van der Waals surface area contributed by atoms with E-state index >= 15 is 0 Å². The Balaban J connectivity index is 0.863. The number of aryl methyl sites for hydroxylation is 1. The fraction of sp³-hybridized carbons (Fsp3) is 0.542. The number of benzene rings is 2. The zero-order chi connectivity index (χ0) is 46.8. The van der Waals surface area contributed by atoms with Crippen molar-refractivity contribution in [2.45, 2.75) is 95.8 Å². The molecule has 0 bridgehead atoms. The normalized spacial score (nSPS) is 21.6. The lowest BCUT2D eigenvalue weighted by Crippen LogP contribution is -2.63. The highest BCUT2D eigenvalue weighted by molar-refractivity contribution is 6.25. The largest absolute Gasteiger partial charge is 0.455 e. The highest BCUT2D eigenvalue weighted by Gasteiger charge is 2.51. The topological polar surface area (TPSA) is 186 Å². The number of nitrogens with one attached hydrogen (secondary N) is 3. The number of halogens is 2. The van der Waals surface area contributed by atoms with Crippen molar-refractivity contribution in [2.24, 2.45) is 11.7 Å². The Labute approximate surface area is 383 Å². The molecule has 2 unspecified atom stereocenters. The maximum Gasteiger partial charge on any atom is 0.455 e. The van der Waals surface area contributed by atoms with Crippen molar-refractivity contribution in [2.75, 3.05) is 76.3 Å². The lowest BCUT2D eigenvalue weighted by atomic mass is 9.91. The number of hydrogen-bond donors (Lipinski definition) is 4. The third-order valence-corrected chi connectivity index (χ3v) is 14.3. The highest BCUT2D eigenvalue weighted by atomic mass is 19.3. The summed E-state index contributed by atoms with van der Waals surface area (Å²) in [6.45, 7) is 5.84. The summed E-state index contributed by atoms with van der Waals surface area (Å²) in [4.78, 5) is 89.6. The Bertz CT molecular complexity index is 2370. The Hall–Kier alpha value is -6.04. The number of carbonyl (C=O) groups excluding carboxylic acids is 5. The summed E-state index contributed by atoms with van der Waals surface area (Å²) in [6, 6.07) is 7.63. The maximum atomic E-state index is 14.7. The van der Waals surface area contributed by atoms with Gasteiger partial charge in [-0.15, -0.1) is 0 Å². The molecule has 2 aromatic carbocycles.